The van der Waals surface area contributed by atoms with E-state index in [4.69, 9.17) is 14.5 Å². The Morgan fingerprint density at radius 1 is 0.812 bits per heavy atom. The van der Waals surface area contributed by atoms with Crippen LogP contribution in [0.2, 0.25) is 0 Å². The second-order valence-corrected chi connectivity index (χ2v) is 7.46. The van der Waals surface area contributed by atoms with Crippen LogP contribution in [0.25, 0.3) is 0 Å². The highest BCUT2D eigenvalue weighted by atomic mass is 16.5. The number of rotatable bonds is 8. The Labute approximate surface area is 188 Å². The molecule has 4 rings (SSSR count). The summed E-state index contributed by atoms with van der Waals surface area (Å²) in [6.07, 6.45) is 5.85. The Morgan fingerprint density at radius 2 is 1.41 bits per heavy atom. The van der Waals surface area contributed by atoms with Gasteiger partial charge in [0.2, 0.25) is 0 Å². The van der Waals surface area contributed by atoms with E-state index < -0.39 is 0 Å². The van der Waals surface area contributed by atoms with Crippen LogP contribution in [0.4, 0.5) is 0 Å². The van der Waals surface area contributed by atoms with Crippen LogP contribution in [-0.2, 0) is 6.54 Å². The molecule has 0 spiro atoms. The number of aliphatic imine (C=N–C) groups is 1. The van der Waals surface area contributed by atoms with E-state index in [1.54, 1.807) is 38.5 Å². The molecule has 4 nitrogen and oxygen atoms in total. The molecule has 1 unspecified atom stereocenters. The lowest BCUT2D eigenvalue weighted by molar-refractivity contribution is 0.103. The highest BCUT2D eigenvalue weighted by molar-refractivity contribution is 6.17. The third kappa shape index (κ3) is 4.70. The number of Topliss-reactive ketones (excluding diaryl/α,β-unsaturated/α-hetero) is 1. The number of hydrogen-bond donors (Lipinski definition) is 0. The molecule has 32 heavy (non-hydrogen) atoms. The Morgan fingerprint density at radius 3 is 2.00 bits per heavy atom. The molecule has 4 heteroatoms. The highest BCUT2D eigenvalue weighted by Gasteiger charge is 2.27. The van der Waals surface area contributed by atoms with Crippen molar-refractivity contribution in [3.63, 3.8) is 0 Å². The summed E-state index contributed by atoms with van der Waals surface area (Å²) in [4.78, 5) is 18.3. The Bertz CT molecular complexity index is 1160. The van der Waals surface area contributed by atoms with Crippen molar-refractivity contribution in [2.24, 2.45) is 10.9 Å². The summed E-state index contributed by atoms with van der Waals surface area (Å²) in [7, 11) is 3.26. The van der Waals surface area contributed by atoms with E-state index in [0.29, 0.717) is 17.7 Å². The first-order chi connectivity index (χ1) is 15.7. The minimum absolute atomic E-state index is 0.0106. The Hall–Kier alpha value is -3.92. The first kappa shape index (κ1) is 21.3. The van der Waals surface area contributed by atoms with Crippen molar-refractivity contribution in [3.8, 4) is 11.5 Å². The summed E-state index contributed by atoms with van der Waals surface area (Å²) in [6.45, 7) is 0.538. The topological polar surface area (TPSA) is 47.9 Å². The summed E-state index contributed by atoms with van der Waals surface area (Å²) in [6, 6.07) is 25.1. The molecule has 3 aromatic rings. The van der Waals surface area contributed by atoms with Gasteiger partial charge in [-0.25, -0.2) is 0 Å². The SMILES string of the molecule is COc1ccc(C(=O)C2=CC=CC2C(=NCc2ccccc2)c2ccc(OC)cc2)cc1. The molecule has 0 N–H and O–H groups in total. The zero-order valence-electron chi connectivity index (χ0n) is 18.2. The third-order valence-corrected chi connectivity index (χ3v) is 5.48. The van der Waals surface area contributed by atoms with Crippen LogP contribution in [0.3, 0.4) is 0 Å². The lowest BCUT2D eigenvalue weighted by atomic mass is 9.87. The molecule has 1 aliphatic rings. The molecular formula is C28H25NO3. The molecule has 0 fully saturated rings. The molecule has 160 valence electrons. The van der Waals surface area contributed by atoms with Crippen molar-refractivity contribution in [2.45, 2.75) is 6.54 Å². The lowest BCUT2D eigenvalue weighted by Gasteiger charge is -2.18. The fourth-order valence-electron chi connectivity index (χ4n) is 3.73. The molecule has 0 radical (unpaired) electrons. The van der Waals surface area contributed by atoms with Crippen molar-refractivity contribution in [3.05, 3.63) is 119 Å². The normalized spacial score (nSPS) is 15.4. The van der Waals surface area contributed by atoms with Crippen LogP contribution in [0.5, 0.6) is 11.5 Å². The zero-order valence-corrected chi connectivity index (χ0v) is 18.2. The lowest BCUT2D eigenvalue weighted by Crippen LogP contribution is -2.20. The summed E-state index contributed by atoms with van der Waals surface area (Å²) < 4.78 is 10.5. The average Bonchev–Trinajstić information content (AvgIpc) is 3.34. The highest BCUT2D eigenvalue weighted by Crippen LogP contribution is 2.29. The van der Waals surface area contributed by atoms with Crippen LogP contribution >= 0.6 is 0 Å². The predicted molar refractivity (Wildman–Crippen MR) is 128 cm³/mol. The molecule has 0 bridgehead atoms. The second-order valence-electron chi connectivity index (χ2n) is 7.46. The number of nitrogens with zero attached hydrogens (tertiary/aromatic N) is 1. The Balaban J connectivity index is 1.67. The van der Waals surface area contributed by atoms with E-state index in [2.05, 4.69) is 12.1 Å². The number of benzene rings is 3. The molecule has 0 heterocycles. The van der Waals surface area contributed by atoms with E-state index >= 15 is 0 Å². The van der Waals surface area contributed by atoms with Gasteiger partial charge >= 0.3 is 0 Å². The van der Waals surface area contributed by atoms with E-state index in [9.17, 15) is 4.79 Å². The number of methoxy groups -OCH3 is 2. The van der Waals surface area contributed by atoms with Crippen molar-refractivity contribution < 1.29 is 14.3 Å². The van der Waals surface area contributed by atoms with Crippen LogP contribution in [-0.4, -0.2) is 25.7 Å². The molecule has 0 amide bonds. The van der Waals surface area contributed by atoms with Gasteiger partial charge in [0.05, 0.1) is 26.5 Å². The second kappa shape index (κ2) is 9.92. The van der Waals surface area contributed by atoms with Crippen LogP contribution in [0.1, 0.15) is 21.5 Å². The maximum atomic E-state index is 13.3. The van der Waals surface area contributed by atoms with Crippen LogP contribution in [0, 0.1) is 5.92 Å². The number of carbonyl (C=O) groups excluding carboxylic acids is 1. The van der Waals surface area contributed by atoms with Gasteiger partial charge in [-0.1, -0.05) is 48.6 Å². The van der Waals surface area contributed by atoms with Crippen molar-refractivity contribution in [1.29, 1.82) is 0 Å². The smallest absolute Gasteiger partial charge is 0.190 e. The number of ether oxygens (including phenoxy) is 2. The fourth-order valence-corrected chi connectivity index (χ4v) is 3.73. The summed E-state index contributed by atoms with van der Waals surface area (Å²) >= 11 is 0. The molecule has 3 aromatic carbocycles. The van der Waals surface area contributed by atoms with Gasteiger partial charge < -0.3 is 9.47 Å². The maximum Gasteiger partial charge on any atom is 0.190 e. The van der Waals surface area contributed by atoms with E-state index in [1.165, 1.54) is 0 Å². The van der Waals surface area contributed by atoms with Crippen molar-refractivity contribution >= 4 is 11.5 Å². The van der Waals surface area contributed by atoms with Gasteiger partial charge in [0.25, 0.3) is 0 Å². The molecular weight excluding hydrogens is 398 g/mol. The monoisotopic (exact) mass is 423 g/mol. The van der Waals surface area contributed by atoms with Crippen LogP contribution in [0.15, 0.2) is 108 Å². The quantitative estimate of drug-likeness (QED) is 0.345. The van der Waals surface area contributed by atoms with Crippen molar-refractivity contribution in [2.75, 3.05) is 14.2 Å². The number of ketones is 1. The predicted octanol–water partition coefficient (Wildman–Crippen LogP) is 5.69. The zero-order chi connectivity index (χ0) is 22.3. The van der Waals surface area contributed by atoms with E-state index in [1.807, 2.05) is 60.7 Å². The van der Waals surface area contributed by atoms with E-state index in [-0.39, 0.29) is 11.7 Å². The van der Waals surface area contributed by atoms with Gasteiger partial charge in [-0.3, -0.25) is 9.79 Å². The minimum Gasteiger partial charge on any atom is -0.497 e. The molecule has 0 aliphatic heterocycles. The van der Waals surface area contributed by atoms with Crippen LogP contribution < -0.4 is 9.47 Å². The van der Waals surface area contributed by atoms with Gasteiger partial charge in [-0.2, -0.15) is 0 Å². The summed E-state index contributed by atoms with van der Waals surface area (Å²) in [5.41, 5.74) is 4.28. The first-order valence-corrected chi connectivity index (χ1v) is 10.5. The number of hydrogen-bond acceptors (Lipinski definition) is 4. The van der Waals surface area contributed by atoms with Gasteiger partial charge in [-0.05, 0) is 59.7 Å². The summed E-state index contributed by atoms with van der Waals surface area (Å²) in [5, 5.41) is 0. The molecule has 1 aliphatic carbocycles. The molecule has 1 atom stereocenters. The van der Waals surface area contributed by atoms with Gasteiger partial charge in [-0.15, -0.1) is 0 Å². The number of carbonyl (C=O) groups is 1. The number of allylic oxidation sites excluding steroid dienone is 4. The average molecular weight is 424 g/mol. The van der Waals surface area contributed by atoms with Gasteiger partial charge in [0.1, 0.15) is 11.5 Å². The standard InChI is InChI=1S/C28H25NO3/c1-31-23-15-11-21(12-16-23)27(29-19-20-7-4-3-5-8-20)25-9-6-10-26(25)28(30)22-13-17-24(32-2)18-14-22/h3-18,25H,19H2,1-2H3. The van der Waals surface area contributed by atoms with E-state index in [0.717, 1.165) is 28.3 Å². The fraction of sp³-hybridized carbons (Fsp3) is 0.143. The molecule has 0 saturated heterocycles. The third-order valence-electron chi connectivity index (χ3n) is 5.48. The summed E-state index contributed by atoms with van der Waals surface area (Å²) in [5.74, 6) is 1.27. The largest absolute Gasteiger partial charge is 0.497 e. The van der Waals surface area contributed by atoms with Gasteiger partial charge in [0, 0.05) is 17.1 Å². The van der Waals surface area contributed by atoms with Gasteiger partial charge in [0.15, 0.2) is 5.78 Å². The molecule has 0 aromatic heterocycles. The minimum atomic E-state index is -0.221. The first-order valence-electron chi connectivity index (χ1n) is 10.5. The molecule has 0 saturated carbocycles. The van der Waals surface area contributed by atoms with Crippen molar-refractivity contribution in [1.82, 2.24) is 0 Å². The maximum absolute atomic E-state index is 13.3. The Kier molecular flexibility index (Phi) is 6.61.